The van der Waals surface area contributed by atoms with Crippen LogP contribution in [0.3, 0.4) is 0 Å². The van der Waals surface area contributed by atoms with Gasteiger partial charge in [-0.1, -0.05) is 18.2 Å². The Kier molecular flexibility index (Phi) is 8.13. The lowest BCUT2D eigenvalue weighted by atomic mass is 10.2. The van der Waals surface area contributed by atoms with Crippen LogP contribution >= 0.6 is 11.8 Å². The molecule has 0 spiro atoms. The summed E-state index contributed by atoms with van der Waals surface area (Å²) in [4.78, 5) is 33.4. The molecule has 1 unspecified atom stereocenters. The van der Waals surface area contributed by atoms with E-state index in [4.69, 9.17) is 5.73 Å². The number of aryl methyl sites for hydroxylation is 1. The molecule has 0 saturated heterocycles. The lowest BCUT2D eigenvalue weighted by Gasteiger charge is -2.25. The minimum atomic E-state index is -0.262. The summed E-state index contributed by atoms with van der Waals surface area (Å²) in [5.41, 5.74) is 9.55. The molecule has 170 valence electrons. The van der Waals surface area contributed by atoms with Crippen LogP contribution in [0.2, 0.25) is 0 Å². The van der Waals surface area contributed by atoms with Gasteiger partial charge in [-0.15, -0.1) is 11.8 Å². The third-order valence-corrected chi connectivity index (χ3v) is 5.96. The van der Waals surface area contributed by atoms with Gasteiger partial charge >= 0.3 is 6.03 Å². The van der Waals surface area contributed by atoms with E-state index in [9.17, 15) is 9.59 Å². The zero-order valence-corrected chi connectivity index (χ0v) is 19.5. The molecule has 1 atom stereocenters. The van der Waals surface area contributed by atoms with Crippen molar-refractivity contribution in [2.24, 2.45) is 5.73 Å². The van der Waals surface area contributed by atoms with Crippen molar-refractivity contribution in [1.29, 1.82) is 0 Å². The van der Waals surface area contributed by atoms with Gasteiger partial charge in [-0.2, -0.15) is 0 Å². The summed E-state index contributed by atoms with van der Waals surface area (Å²) in [7, 11) is 3.94. The van der Waals surface area contributed by atoms with Crippen LogP contribution in [0.4, 0.5) is 10.5 Å². The van der Waals surface area contributed by atoms with E-state index in [1.54, 1.807) is 28.9 Å². The molecule has 8 nitrogen and oxygen atoms in total. The Hall–Kier alpha value is -3.04. The van der Waals surface area contributed by atoms with Gasteiger partial charge in [0.1, 0.15) is 5.69 Å². The zero-order valence-electron chi connectivity index (χ0n) is 18.7. The summed E-state index contributed by atoms with van der Waals surface area (Å²) in [5, 5.41) is 7.71. The second-order valence-corrected chi connectivity index (χ2v) is 8.96. The number of thioether (sulfide) groups is 1. The van der Waals surface area contributed by atoms with Crippen LogP contribution in [0.5, 0.6) is 0 Å². The van der Waals surface area contributed by atoms with Crippen LogP contribution in [0.1, 0.15) is 21.6 Å². The Morgan fingerprint density at radius 3 is 2.66 bits per heavy atom. The number of anilines is 1. The van der Waals surface area contributed by atoms with Crippen LogP contribution < -0.4 is 16.4 Å². The smallest absolute Gasteiger partial charge is 0.322 e. The Morgan fingerprint density at radius 2 is 2.03 bits per heavy atom. The summed E-state index contributed by atoms with van der Waals surface area (Å²) in [6, 6.07) is 10.9. The lowest BCUT2D eigenvalue weighted by molar-refractivity contribution is 0.0941. The van der Waals surface area contributed by atoms with Crippen molar-refractivity contribution in [2.75, 3.05) is 38.3 Å². The van der Waals surface area contributed by atoms with Crippen LogP contribution in [-0.2, 0) is 6.54 Å². The van der Waals surface area contributed by atoms with Gasteiger partial charge in [-0.05, 0) is 55.8 Å². The normalized spacial score (nSPS) is 15.4. The average Bonchev–Trinajstić information content (AvgIpc) is 3.15. The minimum Gasteiger partial charge on any atom is -0.400 e. The standard InChI is InChI=1S/C23H30N6O2S/c1-16-5-4-6-18(11-16)26-23(31)29(10-9-28(2)3)13-17-7-8-20(25-12-17)22(30)27-21-15-32-14-19(21)24/h4-8,11-12,14,21H,9-10,13,15,24H2,1-3H3,(H,26,31)(H,27,30). The summed E-state index contributed by atoms with van der Waals surface area (Å²) >= 11 is 1.58. The first kappa shape index (κ1) is 23.6. The molecule has 1 aliphatic rings. The van der Waals surface area contributed by atoms with E-state index in [1.165, 1.54) is 0 Å². The molecule has 9 heteroatoms. The van der Waals surface area contributed by atoms with Crippen molar-refractivity contribution < 1.29 is 9.59 Å². The van der Waals surface area contributed by atoms with Gasteiger partial charge in [0.05, 0.1) is 6.04 Å². The van der Waals surface area contributed by atoms with E-state index in [1.807, 2.05) is 61.7 Å². The SMILES string of the molecule is Cc1cccc(NC(=O)N(CCN(C)C)Cc2ccc(C(=O)NC3CSC=C3N)nc2)c1. The molecular formula is C23H30N6O2S. The lowest BCUT2D eigenvalue weighted by Crippen LogP contribution is -2.39. The van der Waals surface area contributed by atoms with Crippen LogP contribution in [0.15, 0.2) is 53.7 Å². The molecule has 0 saturated carbocycles. The van der Waals surface area contributed by atoms with Crippen molar-refractivity contribution in [3.05, 3.63) is 70.5 Å². The van der Waals surface area contributed by atoms with E-state index in [0.29, 0.717) is 24.5 Å². The van der Waals surface area contributed by atoms with Crippen molar-refractivity contribution in [2.45, 2.75) is 19.5 Å². The monoisotopic (exact) mass is 454 g/mol. The molecule has 0 fully saturated rings. The molecule has 1 aromatic carbocycles. The highest BCUT2D eigenvalue weighted by Gasteiger charge is 2.21. The van der Waals surface area contributed by atoms with Crippen molar-refractivity contribution in [1.82, 2.24) is 20.1 Å². The van der Waals surface area contributed by atoms with Gasteiger partial charge in [0, 0.05) is 43.0 Å². The topological polar surface area (TPSA) is 104 Å². The fraction of sp³-hybridized carbons (Fsp3) is 0.348. The molecule has 2 aromatic rings. The summed E-state index contributed by atoms with van der Waals surface area (Å²) < 4.78 is 0. The number of nitrogens with two attached hydrogens (primary N) is 1. The van der Waals surface area contributed by atoms with Crippen LogP contribution in [0, 0.1) is 6.92 Å². The number of nitrogens with zero attached hydrogens (tertiary/aromatic N) is 3. The van der Waals surface area contributed by atoms with E-state index in [0.717, 1.165) is 29.1 Å². The number of hydrogen-bond donors (Lipinski definition) is 3. The number of rotatable bonds is 8. The minimum absolute atomic E-state index is 0.166. The van der Waals surface area contributed by atoms with Gasteiger partial charge in [0.15, 0.2) is 0 Å². The van der Waals surface area contributed by atoms with Gasteiger partial charge < -0.3 is 26.2 Å². The van der Waals surface area contributed by atoms with Crippen LogP contribution in [-0.4, -0.2) is 65.7 Å². The Labute approximate surface area is 193 Å². The van der Waals surface area contributed by atoms with Gasteiger partial charge in [0.25, 0.3) is 5.91 Å². The maximum absolute atomic E-state index is 12.9. The molecule has 3 amide bonds. The molecule has 1 aromatic heterocycles. The number of hydrogen-bond acceptors (Lipinski definition) is 6. The maximum atomic E-state index is 12.9. The second-order valence-electron chi connectivity index (χ2n) is 8.05. The molecule has 3 rings (SSSR count). The molecule has 4 N–H and O–H groups in total. The number of amides is 3. The summed E-state index contributed by atoms with van der Waals surface area (Å²) in [6.45, 7) is 3.65. The number of carbonyl (C=O) groups is 2. The molecule has 0 aliphatic carbocycles. The number of likely N-dealkylation sites (N-methyl/N-ethyl adjacent to an activating group) is 1. The van der Waals surface area contributed by atoms with E-state index in [-0.39, 0.29) is 18.0 Å². The highest BCUT2D eigenvalue weighted by molar-refractivity contribution is 8.02. The molecule has 0 radical (unpaired) electrons. The molecule has 2 heterocycles. The molecular weight excluding hydrogens is 424 g/mol. The second kappa shape index (κ2) is 11.0. The quantitative estimate of drug-likeness (QED) is 0.567. The number of carbonyl (C=O) groups excluding carboxylic acids is 2. The zero-order chi connectivity index (χ0) is 23.1. The van der Waals surface area contributed by atoms with E-state index in [2.05, 4.69) is 15.6 Å². The predicted molar refractivity (Wildman–Crippen MR) is 129 cm³/mol. The maximum Gasteiger partial charge on any atom is 0.322 e. The third-order valence-electron chi connectivity index (χ3n) is 4.99. The summed E-state index contributed by atoms with van der Waals surface area (Å²) in [5.74, 6) is 0.467. The van der Waals surface area contributed by atoms with Crippen LogP contribution in [0.25, 0.3) is 0 Å². The number of nitrogens with one attached hydrogen (secondary N) is 2. The highest BCUT2D eigenvalue weighted by atomic mass is 32.2. The van der Waals surface area contributed by atoms with Crippen molar-refractivity contribution >= 4 is 29.4 Å². The largest absolute Gasteiger partial charge is 0.400 e. The first-order valence-corrected chi connectivity index (χ1v) is 11.5. The average molecular weight is 455 g/mol. The molecule has 0 bridgehead atoms. The number of pyridine rings is 1. The number of benzene rings is 1. The van der Waals surface area contributed by atoms with E-state index < -0.39 is 0 Å². The number of aromatic nitrogens is 1. The highest BCUT2D eigenvalue weighted by Crippen LogP contribution is 2.19. The fourth-order valence-electron chi connectivity index (χ4n) is 3.15. The first-order valence-electron chi connectivity index (χ1n) is 10.4. The Bertz CT molecular complexity index is 977. The third kappa shape index (κ3) is 6.73. The Balaban J connectivity index is 1.65. The van der Waals surface area contributed by atoms with Gasteiger partial charge in [-0.25, -0.2) is 4.79 Å². The number of urea groups is 1. The van der Waals surface area contributed by atoms with E-state index >= 15 is 0 Å². The van der Waals surface area contributed by atoms with Crippen molar-refractivity contribution in [3.63, 3.8) is 0 Å². The molecule has 32 heavy (non-hydrogen) atoms. The van der Waals surface area contributed by atoms with Crippen molar-refractivity contribution in [3.8, 4) is 0 Å². The predicted octanol–water partition coefficient (Wildman–Crippen LogP) is 2.63. The molecule has 1 aliphatic heterocycles. The first-order chi connectivity index (χ1) is 15.3. The Morgan fingerprint density at radius 1 is 1.22 bits per heavy atom. The van der Waals surface area contributed by atoms with Gasteiger partial charge in [0.2, 0.25) is 0 Å². The van der Waals surface area contributed by atoms with Gasteiger partial charge in [-0.3, -0.25) is 9.78 Å². The summed E-state index contributed by atoms with van der Waals surface area (Å²) in [6.07, 6.45) is 1.64. The fourth-order valence-corrected chi connectivity index (χ4v) is 4.07.